The van der Waals surface area contributed by atoms with E-state index in [1.807, 2.05) is 13.8 Å². The van der Waals surface area contributed by atoms with Gasteiger partial charge in [0.1, 0.15) is 9.84 Å². The van der Waals surface area contributed by atoms with Crippen molar-refractivity contribution in [1.82, 2.24) is 0 Å². The molecule has 1 atom stereocenters. The lowest BCUT2D eigenvalue weighted by atomic mass is 10.3. The van der Waals surface area contributed by atoms with Gasteiger partial charge in [-0.15, -0.1) is 0 Å². The highest BCUT2D eigenvalue weighted by molar-refractivity contribution is 7.90. The standard InChI is InChI=1S/C8H16O4S/c1-8(2)11-6-7(12-8)4-5-13(3,9)10/h7H,4-6H2,1-3H3. The average Bonchev–Trinajstić information content (AvgIpc) is 2.24. The number of sulfone groups is 1. The Bertz CT molecular complexity index is 268. The van der Waals surface area contributed by atoms with Gasteiger partial charge in [0.05, 0.1) is 18.5 Å². The molecular weight excluding hydrogens is 192 g/mol. The van der Waals surface area contributed by atoms with Crippen LogP contribution in [0.1, 0.15) is 20.3 Å². The zero-order valence-corrected chi connectivity index (χ0v) is 9.06. The second-order valence-corrected chi connectivity index (χ2v) is 6.13. The van der Waals surface area contributed by atoms with Crippen LogP contribution in [0.2, 0.25) is 0 Å². The van der Waals surface area contributed by atoms with Crippen LogP contribution in [0.3, 0.4) is 0 Å². The van der Waals surface area contributed by atoms with Crippen molar-refractivity contribution in [2.24, 2.45) is 0 Å². The van der Waals surface area contributed by atoms with E-state index in [2.05, 4.69) is 0 Å². The summed E-state index contributed by atoms with van der Waals surface area (Å²) in [7, 11) is -2.88. The van der Waals surface area contributed by atoms with Gasteiger partial charge in [-0.25, -0.2) is 8.42 Å². The molecule has 1 aliphatic heterocycles. The number of hydrogen-bond donors (Lipinski definition) is 0. The normalized spacial score (nSPS) is 27.8. The summed E-state index contributed by atoms with van der Waals surface area (Å²) < 4.78 is 32.5. The van der Waals surface area contributed by atoms with Crippen molar-refractivity contribution in [1.29, 1.82) is 0 Å². The zero-order valence-electron chi connectivity index (χ0n) is 8.24. The Balaban J connectivity index is 2.34. The molecular formula is C8H16O4S. The summed E-state index contributed by atoms with van der Waals surface area (Å²) in [5.41, 5.74) is 0. The topological polar surface area (TPSA) is 52.6 Å². The SMILES string of the molecule is CC1(C)OCC(CCS(C)(=O)=O)O1. The van der Waals surface area contributed by atoms with Gasteiger partial charge in [0.15, 0.2) is 5.79 Å². The van der Waals surface area contributed by atoms with E-state index in [0.29, 0.717) is 13.0 Å². The quantitative estimate of drug-likeness (QED) is 0.680. The highest BCUT2D eigenvalue weighted by atomic mass is 32.2. The number of hydrogen-bond acceptors (Lipinski definition) is 4. The second-order valence-electron chi connectivity index (χ2n) is 3.87. The molecule has 0 aromatic rings. The first-order chi connectivity index (χ1) is 5.79. The fraction of sp³-hybridized carbons (Fsp3) is 1.00. The lowest BCUT2D eigenvalue weighted by Crippen LogP contribution is -2.22. The highest BCUT2D eigenvalue weighted by Crippen LogP contribution is 2.24. The average molecular weight is 208 g/mol. The van der Waals surface area contributed by atoms with Crippen LogP contribution in [0, 0.1) is 0 Å². The molecule has 0 spiro atoms. The third kappa shape index (κ3) is 4.06. The first kappa shape index (κ1) is 10.9. The molecule has 1 fully saturated rings. The molecule has 0 aliphatic carbocycles. The molecule has 0 N–H and O–H groups in total. The molecule has 0 saturated carbocycles. The molecule has 1 unspecified atom stereocenters. The van der Waals surface area contributed by atoms with Crippen LogP contribution in [0.25, 0.3) is 0 Å². The maximum Gasteiger partial charge on any atom is 0.163 e. The fourth-order valence-corrected chi connectivity index (χ4v) is 1.94. The van der Waals surface area contributed by atoms with E-state index >= 15 is 0 Å². The zero-order chi connectivity index (χ0) is 10.1. The molecule has 5 heteroatoms. The minimum Gasteiger partial charge on any atom is -0.348 e. The van der Waals surface area contributed by atoms with Gasteiger partial charge in [0, 0.05) is 6.26 Å². The van der Waals surface area contributed by atoms with Crippen molar-refractivity contribution >= 4 is 9.84 Å². The van der Waals surface area contributed by atoms with Crippen molar-refractivity contribution in [2.75, 3.05) is 18.6 Å². The molecule has 1 heterocycles. The summed E-state index contributed by atoms with van der Waals surface area (Å²) in [5, 5.41) is 0. The third-order valence-electron chi connectivity index (χ3n) is 1.88. The number of ether oxygens (including phenoxy) is 2. The lowest BCUT2D eigenvalue weighted by Gasteiger charge is -2.16. The molecule has 0 amide bonds. The van der Waals surface area contributed by atoms with Gasteiger partial charge in [-0.05, 0) is 20.3 Å². The molecule has 1 aliphatic rings. The van der Waals surface area contributed by atoms with E-state index in [1.165, 1.54) is 6.26 Å². The summed E-state index contributed by atoms with van der Waals surface area (Å²) in [5.74, 6) is -0.390. The highest BCUT2D eigenvalue weighted by Gasteiger charge is 2.32. The summed E-state index contributed by atoms with van der Waals surface area (Å²) in [6, 6.07) is 0. The van der Waals surface area contributed by atoms with Crippen LogP contribution in [0.4, 0.5) is 0 Å². The second kappa shape index (κ2) is 3.55. The Morgan fingerprint density at radius 3 is 2.46 bits per heavy atom. The van der Waals surface area contributed by atoms with Gasteiger partial charge in [-0.1, -0.05) is 0 Å². The largest absolute Gasteiger partial charge is 0.348 e. The minimum atomic E-state index is -2.88. The van der Waals surface area contributed by atoms with Crippen LogP contribution in [0.15, 0.2) is 0 Å². The van der Waals surface area contributed by atoms with Crippen molar-refractivity contribution < 1.29 is 17.9 Å². The van der Waals surface area contributed by atoms with Crippen LogP contribution >= 0.6 is 0 Å². The monoisotopic (exact) mass is 208 g/mol. The summed E-state index contributed by atoms with van der Waals surface area (Å²) in [6.45, 7) is 4.14. The maximum atomic E-state index is 10.9. The smallest absolute Gasteiger partial charge is 0.163 e. The molecule has 78 valence electrons. The van der Waals surface area contributed by atoms with E-state index in [9.17, 15) is 8.42 Å². The Kier molecular flexibility index (Phi) is 2.99. The molecule has 0 aromatic heterocycles. The molecule has 1 saturated heterocycles. The molecule has 0 bridgehead atoms. The van der Waals surface area contributed by atoms with Crippen LogP contribution in [0.5, 0.6) is 0 Å². The predicted octanol–water partition coefficient (Wildman–Crippen LogP) is 0.573. The van der Waals surface area contributed by atoms with E-state index in [0.717, 1.165) is 0 Å². The first-order valence-electron chi connectivity index (χ1n) is 4.28. The van der Waals surface area contributed by atoms with Crippen LogP contribution in [-0.4, -0.2) is 38.9 Å². The van der Waals surface area contributed by atoms with Crippen molar-refractivity contribution in [2.45, 2.75) is 32.2 Å². The Morgan fingerprint density at radius 2 is 2.08 bits per heavy atom. The molecule has 1 rings (SSSR count). The van der Waals surface area contributed by atoms with Gasteiger partial charge in [0.25, 0.3) is 0 Å². The number of rotatable bonds is 3. The molecule has 4 nitrogen and oxygen atoms in total. The molecule has 0 aromatic carbocycles. The summed E-state index contributed by atoms with van der Waals surface area (Å²) in [4.78, 5) is 0. The maximum absolute atomic E-state index is 10.9. The molecule has 0 radical (unpaired) electrons. The van der Waals surface area contributed by atoms with Gasteiger partial charge in [-0.2, -0.15) is 0 Å². The third-order valence-corrected chi connectivity index (χ3v) is 2.86. The first-order valence-corrected chi connectivity index (χ1v) is 6.34. The Hall–Kier alpha value is -0.130. The fourth-order valence-electron chi connectivity index (χ4n) is 1.25. The van der Waals surface area contributed by atoms with Crippen LogP contribution in [-0.2, 0) is 19.3 Å². The van der Waals surface area contributed by atoms with E-state index in [1.54, 1.807) is 0 Å². The van der Waals surface area contributed by atoms with Crippen molar-refractivity contribution in [3.63, 3.8) is 0 Å². The van der Waals surface area contributed by atoms with Gasteiger partial charge >= 0.3 is 0 Å². The summed E-state index contributed by atoms with van der Waals surface area (Å²) in [6.07, 6.45) is 1.67. The predicted molar refractivity (Wildman–Crippen MR) is 49.2 cm³/mol. The van der Waals surface area contributed by atoms with Crippen molar-refractivity contribution in [3.05, 3.63) is 0 Å². The Labute approximate surface area is 79.1 Å². The van der Waals surface area contributed by atoms with Crippen LogP contribution < -0.4 is 0 Å². The van der Waals surface area contributed by atoms with Gasteiger partial charge < -0.3 is 9.47 Å². The molecule has 13 heavy (non-hydrogen) atoms. The van der Waals surface area contributed by atoms with Gasteiger partial charge in [0.2, 0.25) is 0 Å². The summed E-state index contributed by atoms with van der Waals surface area (Å²) >= 11 is 0. The van der Waals surface area contributed by atoms with Gasteiger partial charge in [-0.3, -0.25) is 0 Å². The minimum absolute atomic E-state index is 0.0790. The lowest BCUT2D eigenvalue weighted by molar-refractivity contribution is -0.138. The van der Waals surface area contributed by atoms with Crippen molar-refractivity contribution in [3.8, 4) is 0 Å². The van der Waals surface area contributed by atoms with E-state index in [-0.39, 0.29) is 11.9 Å². The van der Waals surface area contributed by atoms with E-state index in [4.69, 9.17) is 9.47 Å². The Morgan fingerprint density at radius 1 is 1.46 bits per heavy atom. The van der Waals surface area contributed by atoms with E-state index < -0.39 is 15.6 Å².